The van der Waals surface area contributed by atoms with Crippen LogP contribution in [0.5, 0.6) is 5.75 Å². The lowest BCUT2D eigenvalue weighted by atomic mass is 10.1. The summed E-state index contributed by atoms with van der Waals surface area (Å²) in [5.74, 6) is 0.713. The van der Waals surface area contributed by atoms with Gasteiger partial charge in [0.1, 0.15) is 17.2 Å². The number of sulfonamides is 1. The molecule has 11 heteroatoms. The molecule has 0 spiro atoms. The standard InChI is InChI=1S/C31H38N4O6S/c1-22-8-6-18-32-28(22)33-29(36)24-12-10-23(11-13-24)20-35(42(38,39)27-16-14-26(40-5)15-17-27)25-9-7-19-34(21-25)30(37)41-31(2,3)4/h6,8,10-18,25H,7,9,19-21H2,1-5H3,(H,32,33,36). The molecule has 1 aromatic heterocycles. The van der Waals surface area contributed by atoms with Gasteiger partial charge in [-0.25, -0.2) is 18.2 Å². The Morgan fingerprint density at radius 2 is 1.76 bits per heavy atom. The largest absolute Gasteiger partial charge is 0.497 e. The van der Waals surface area contributed by atoms with Crippen molar-refractivity contribution in [2.75, 3.05) is 25.5 Å². The fourth-order valence-corrected chi connectivity index (χ4v) is 6.35. The Balaban J connectivity index is 1.59. The van der Waals surface area contributed by atoms with Gasteiger partial charge in [0, 0.05) is 37.4 Å². The Labute approximate surface area is 247 Å². The second-order valence-electron chi connectivity index (χ2n) is 11.3. The number of methoxy groups -OCH3 is 1. The van der Waals surface area contributed by atoms with Crippen molar-refractivity contribution in [2.45, 2.75) is 63.6 Å². The van der Waals surface area contributed by atoms with Crippen molar-refractivity contribution >= 4 is 27.8 Å². The van der Waals surface area contributed by atoms with Crippen LogP contribution in [0.2, 0.25) is 0 Å². The number of carbonyl (C=O) groups is 2. The highest BCUT2D eigenvalue weighted by Crippen LogP contribution is 2.28. The van der Waals surface area contributed by atoms with E-state index in [0.29, 0.717) is 42.1 Å². The third-order valence-corrected chi connectivity index (χ3v) is 8.83. The number of rotatable bonds is 8. The molecule has 1 saturated heterocycles. The summed E-state index contributed by atoms with van der Waals surface area (Å²) in [6.45, 7) is 8.01. The lowest BCUT2D eigenvalue weighted by Gasteiger charge is -2.39. The fraction of sp³-hybridized carbons (Fsp3) is 0.387. The third-order valence-electron chi connectivity index (χ3n) is 6.92. The Hall–Kier alpha value is -3.96. The highest BCUT2D eigenvalue weighted by atomic mass is 32.2. The summed E-state index contributed by atoms with van der Waals surface area (Å²) in [4.78, 5) is 31.6. The van der Waals surface area contributed by atoms with Crippen molar-refractivity contribution in [3.63, 3.8) is 0 Å². The quantitative estimate of drug-likeness (QED) is 0.379. The number of anilines is 1. The Bertz CT molecular complexity index is 1500. The number of ether oxygens (including phenoxy) is 2. The van der Waals surface area contributed by atoms with E-state index in [4.69, 9.17) is 9.47 Å². The number of hydrogen-bond acceptors (Lipinski definition) is 7. The summed E-state index contributed by atoms with van der Waals surface area (Å²) < 4.78 is 40.3. The van der Waals surface area contributed by atoms with Crippen LogP contribution in [0.1, 0.15) is 55.1 Å². The second-order valence-corrected chi connectivity index (χ2v) is 13.2. The smallest absolute Gasteiger partial charge is 0.410 e. The Morgan fingerprint density at radius 3 is 2.38 bits per heavy atom. The van der Waals surface area contributed by atoms with E-state index in [2.05, 4.69) is 10.3 Å². The number of aromatic nitrogens is 1. The van der Waals surface area contributed by atoms with Crippen molar-refractivity contribution in [2.24, 2.45) is 0 Å². The molecule has 3 aromatic rings. The molecule has 2 heterocycles. The highest BCUT2D eigenvalue weighted by Gasteiger charge is 2.37. The van der Waals surface area contributed by atoms with E-state index in [1.54, 1.807) is 74.3 Å². The molecule has 2 aromatic carbocycles. The van der Waals surface area contributed by atoms with Gasteiger partial charge in [-0.15, -0.1) is 0 Å². The fourth-order valence-electron chi connectivity index (χ4n) is 4.71. The molecule has 1 atom stereocenters. The van der Waals surface area contributed by atoms with Crippen LogP contribution in [0.15, 0.2) is 71.8 Å². The number of piperidine rings is 1. The second kappa shape index (κ2) is 12.9. The SMILES string of the molecule is COc1ccc(S(=O)(=O)N(Cc2ccc(C(=O)Nc3ncccc3C)cc2)C2CCCN(C(=O)OC(C)(C)C)C2)cc1. The van der Waals surface area contributed by atoms with Gasteiger partial charge in [-0.1, -0.05) is 18.2 Å². The van der Waals surface area contributed by atoms with Crippen LogP contribution < -0.4 is 10.1 Å². The van der Waals surface area contributed by atoms with Crippen LogP contribution in [-0.2, 0) is 21.3 Å². The third kappa shape index (κ3) is 7.65. The molecule has 2 amide bonds. The number of pyridine rings is 1. The average Bonchev–Trinajstić information content (AvgIpc) is 2.96. The molecule has 1 N–H and O–H groups in total. The minimum atomic E-state index is -3.97. The number of nitrogens with one attached hydrogen (secondary N) is 1. The van der Waals surface area contributed by atoms with Crippen molar-refractivity contribution in [3.05, 3.63) is 83.6 Å². The summed E-state index contributed by atoms with van der Waals surface area (Å²) in [5.41, 5.74) is 1.30. The van der Waals surface area contributed by atoms with Crippen LogP contribution in [0.3, 0.4) is 0 Å². The van der Waals surface area contributed by atoms with E-state index < -0.39 is 27.8 Å². The van der Waals surface area contributed by atoms with E-state index in [-0.39, 0.29) is 23.9 Å². The molecule has 1 aliphatic heterocycles. The summed E-state index contributed by atoms with van der Waals surface area (Å²) in [7, 11) is -2.45. The zero-order valence-corrected chi connectivity index (χ0v) is 25.5. The maximum atomic E-state index is 14.0. The van der Waals surface area contributed by atoms with Gasteiger partial charge in [-0.05, 0) is 94.1 Å². The number of carbonyl (C=O) groups excluding carboxylic acids is 2. The van der Waals surface area contributed by atoms with Crippen molar-refractivity contribution in [1.29, 1.82) is 0 Å². The molecule has 224 valence electrons. The first-order valence-electron chi connectivity index (χ1n) is 13.8. The molecule has 1 unspecified atom stereocenters. The zero-order valence-electron chi connectivity index (χ0n) is 24.7. The van der Waals surface area contributed by atoms with Gasteiger partial charge in [0.25, 0.3) is 5.91 Å². The van der Waals surface area contributed by atoms with Gasteiger partial charge in [0.2, 0.25) is 10.0 Å². The van der Waals surface area contributed by atoms with Crippen LogP contribution in [0.25, 0.3) is 0 Å². The van der Waals surface area contributed by atoms with Gasteiger partial charge in [0.05, 0.1) is 12.0 Å². The van der Waals surface area contributed by atoms with Gasteiger partial charge in [-0.3, -0.25) is 4.79 Å². The van der Waals surface area contributed by atoms with E-state index >= 15 is 0 Å². The molecular weight excluding hydrogens is 556 g/mol. The normalized spacial score (nSPS) is 15.8. The van der Waals surface area contributed by atoms with Crippen LogP contribution in [0, 0.1) is 6.92 Å². The molecule has 0 aliphatic carbocycles. The molecule has 4 rings (SSSR count). The average molecular weight is 595 g/mol. The van der Waals surface area contributed by atoms with E-state index in [0.717, 1.165) is 5.56 Å². The number of likely N-dealkylation sites (tertiary alicyclic amines) is 1. The maximum Gasteiger partial charge on any atom is 0.410 e. The van der Waals surface area contributed by atoms with Crippen LogP contribution in [-0.4, -0.2) is 66.4 Å². The van der Waals surface area contributed by atoms with Crippen LogP contribution in [0.4, 0.5) is 10.6 Å². The number of aryl methyl sites for hydroxylation is 1. The lowest BCUT2D eigenvalue weighted by molar-refractivity contribution is 0.0152. The topological polar surface area (TPSA) is 118 Å². The Morgan fingerprint density at radius 1 is 1.07 bits per heavy atom. The predicted molar refractivity (Wildman–Crippen MR) is 160 cm³/mol. The molecule has 1 aliphatic rings. The van der Waals surface area contributed by atoms with E-state index in [9.17, 15) is 18.0 Å². The molecule has 1 fully saturated rings. The number of hydrogen-bond donors (Lipinski definition) is 1. The molecule has 42 heavy (non-hydrogen) atoms. The van der Waals surface area contributed by atoms with Crippen molar-refractivity contribution < 1.29 is 27.5 Å². The minimum Gasteiger partial charge on any atom is -0.497 e. The lowest BCUT2D eigenvalue weighted by Crippen LogP contribution is -2.52. The molecule has 0 radical (unpaired) electrons. The van der Waals surface area contributed by atoms with E-state index in [1.165, 1.54) is 23.5 Å². The highest BCUT2D eigenvalue weighted by molar-refractivity contribution is 7.89. The van der Waals surface area contributed by atoms with Gasteiger partial charge < -0.3 is 19.7 Å². The van der Waals surface area contributed by atoms with Gasteiger partial charge >= 0.3 is 6.09 Å². The summed E-state index contributed by atoms with van der Waals surface area (Å²) in [6, 6.07) is 16.2. The first kappa shape index (κ1) is 31.0. The first-order valence-corrected chi connectivity index (χ1v) is 15.3. The summed E-state index contributed by atoms with van der Waals surface area (Å²) in [5, 5.41) is 2.81. The molecule has 0 bridgehead atoms. The maximum absolute atomic E-state index is 14.0. The molecule has 10 nitrogen and oxygen atoms in total. The predicted octanol–water partition coefficient (Wildman–Crippen LogP) is 5.24. The zero-order chi connectivity index (χ0) is 30.5. The number of amides is 2. The van der Waals surface area contributed by atoms with E-state index in [1.807, 2.05) is 13.0 Å². The molecular formula is C31H38N4O6S. The van der Waals surface area contributed by atoms with Crippen molar-refractivity contribution in [3.8, 4) is 5.75 Å². The molecule has 0 saturated carbocycles. The van der Waals surface area contributed by atoms with Crippen molar-refractivity contribution in [1.82, 2.24) is 14.2 Å². The first-order chi connectivity index (χ1) is 19.9. The Kier molecular flexibility index (Phi) is 9.53. The summed E-state index contributed by atoms with van der Waals surface area (Å²) >= 11 is 0. The minimum absolute atomic E-state index is 0.0580. The number of nitrogens with zero attached hydrogens (tertiary/aromatic N) is 3. The van der Waals surface area contributed by atoms with Gasteiger partial charge in [-0.2, -0.15) is 4.31 Å². The number of benzene rings is 2. The van der Waals surface area contributed by atoms with Crippen LogP contribution >= 0.6 is 0 Å². The monoisotopic (exact) mass is 594 g/mol. The summed E-state index contributed by atoms with van der Waals surface area (Å²) in [6.07, 6.45) is 2.36. The van der Waals surface area contributed by atoms with Gasteiger partial charge in [0.15, 0.2) is 0 Å².